The molecule has 1 aliphatic heterocycles. The fraction of sp³-hybridized carbons (Fsp3) is 0.296. The van der Waals surface area contributed by atoms with E-state index in [2.05, 4.69) is 32.9 Å². The van der Waals surface area contributed by atoms with E-state index in [0.29, 0.717) is 11.3 Å². The van der Waals surface area contributed by atoms with E-state index in [0.717, 1.165) is 46.0 Å². The summed E-state index contributed by atoms with van der Waals surface area (Å²) in [5.41, 5.74) is 4.92. The molecule has 1 aliphatic carbocycles. The molecule has 6 rings (SSSR count). The van der Waals surface area contributed by atoms with Gasteiger partial charge in [0.15, 0.2) is 0 Å². The summed E-state index contributed by atoms with van der Waals surface area (Å²) in [5, 5.41) is 11.3. The largest absolute Gasteiger partial charge is 0.497 e. The molecule has 1 amide bonds. The van der Waals surface area contributed by atoms with Gasteiger partial charge in [0, 0.05) is 22.7 Å². The zero-order chi connectivity index (χ0) is 23.5. The minimum absolute atomic E-state index is 0.101. The maximum absolute atomic E-state index is 13.2. The van der Waals surface area contributed by atoms with Crippen molar-refractivity contribution in [2.45, 2.75) is 31.7 Å². The van der Waals surface area contributed by atoms with Gasteiger partial charge < -0.3 is 19.9 Å². The van der Waals surface area contributed by atoms with Gasteiger partial charge in [-0.3, -0.25) is 9.78 Å². The molecule has 2 fully saturated rings. The van der Waals surface area contributed by atoms with E-state index < -0.39 is 5.54 Å². The molecule has 2 aliphatic rings. The summed E-state index contributed by atoms with van der Waals surface area (Å²) < 4.78 is 10.3. The van der Waals surface area contributed by atoms with Crippen LogP contribution < -0.4 is 15.4 Å². The van der Waals surface area contributed by atoms with Crippen LogP contribution in [0.2, 0.25) is 0 Å². The Morgan fingerprint density at radius 2 is 1.94 bits per heavy atom. The van der Waals surface area contributed by atoms with Crippen LogP contribution in [0.15, 0.2) is 65.6 Å². The van der Waals surface area contributed by atoms with E-state index in [4.69, 9.17) is 9.26 Å². The lowest BCUT2D eigenvalue weighted by molar-refractivity contribution is 0.0930. The topological polar surface area (TPSA) is 89.3 Å². The van der Waals surface area contributed by atoms with Gasteiger partial charge in [-0.1, -0.05) is 17.3 Å². The third kappa shape index (κ3) is 4.39. The van der Waals surface area contributed by atoms with Crippen molar-refractivity contribution >= 4 is 16.8 Å². The van der Waals surface area contributed by atoms with E-state index >= 15 is 0 Å². The highest BCUT2D eigenvalue weighted by Gasteiger charge is 2.47. The Bertz CT molecular complexity index is 1300. The molecule has 0 bridgehead atoms. The monoisotopic (exact) mass is 456 g/mol. The fourth-order valence-electron chi connectivity index (χ4n) is 4.11. The van der Waals surface area contributed by atoms with Crippen molar-refractivity contribution in [2.75, 3.05) is 20.2 Å². The third-order valence-electron chi connectivity index (χ3n) is 6.50. The summed E-state index contributed by atoms with van der Waals surface area (Å²) in [6.07, 6.45) is 8.22. The first-order chi connectivity index (χ1) is 16.6. The van der Waals surface area contributed by atoms with Gasteiger partial charge in [0.25, 0.3) is 5.91 Å². The second-order valence-corrected chi connectivity index (χ2v) is 8.83. The molecule has 0 unspecified atom stereocenters. The van der Waals surface area contributed by atoms with Crippen molar-refractivity contribution in [1.29, 1.82) is 0 Å². The van der Waals surface area contributed by atoms with Gasteiger partial charge in [-0.25, -0.2) is 0 Å². The Morgan fingerprint density at radius 1 is 1.15 bits per heavy atom. The number of hydrogen-bond donors (Lipinski definition) is 2. The zero-order valence-corrected chi connectivity index (χ0v) is 19.4. The van der Waals surface area contributed by atoms with Gasteiger partial charge in [-0.05, 0) is 86.3 Å². The summed E-state index contributed by atoms with van der Waals surface area (Å²) in [4.78, 5) is 17.8. The van der Waals surface area contributed by atoms with E-state index in [-0.39, 0.29) is 5.91 Å². The maximum atomic E-state index is 13.2. The normalized spacial score (nSPS) is 15.6. The Kier molecular flexibility index (Phi) is 6.02. The number of hydrogen-bond acceptors (Lipinski definition) is 6. The summed E-state index contributed by atoms with van der Waals surface area (Å²) in [7, 11) is 1.60. The van der Waals surface area contributed by atoms with Gasteiger partial charge in [-0.2, -0.15) is 0 Å². The maximum Gasteiger partial charge on any atom is 0.252 e. The molecule has 0 radical (unpaired) electrons. The average molecular weight is 457 g/mol. The number of nitrogens with one attached hydrogen (secondary N) is 2. The van der Waals surface area contributed by atoms with Crippen LogP contribution in [-0.2, 0) is 5.54 Å². The molecule has 7 heteroatoms. The SMILES string of the molecule is C1CNC1.COc1ccc(C)c(C(=O)NC2(c3cc(-c4cnoc4)cc4ncccc34)CC2)c1. The minimum Gasteiger partial charge on any atom is -0.497 e. The molecule has 0 atom stereocenters. The fourth-order valence-corrected chi connectivity index (χ4v) is 4.11. The van der Waals surface area contributed by atoms with Crippen LogP contribution in [0.5, 0.6) is 5.75 Å². The summed E-state index contributed by atoms with van der Waals surface area (Å²) in [5.74, 6) is 0.566. The number of benzene rings is 2. The Hall–Kier alpha value is -3.71. The molecule has 2 aromatic heterocycles. The Balaban J connectivity index is 0.000000547. The minimum atomic E-state index is -0.416. The summed E-state index contributed by atoms with van der Waals surface area (Å²) in [6, 6.07) is 13.7. The predicted molar refractivity (Wildman–Crippen MR) is 131 cm³/mol. The van der Waals surface area contributed by atoms with Crippen molar-refractivity contribution in [1.82, 2.24) is 20.8 Å². The number of aryl methyl sites for hydroxylation is 1. The van der Waals surface area contributed by atoms with Crippen molar-refractivity contribution < 1.29 is 14.1 Å². The highest BCUT2D eigenvalue weighted by atomic mass is 16.5. The molecule has 1 saturated heterocycles. The molecule has 2 N–H and O–H groups in total. The van der Waals surface area contributed by atoms with Crippen molar-refractivity contribution in [3.63, 3.8) is 0 Å². The Morgan fingerprint density at radius 3 is 2.59 bits per heavy atom. The molecule has 3 heterocycles. The lowest BCUT2D eigenvalue weighted by Gasteiger charge is -2.21. The van der Waals surface area contributed by atoms with E-state index in [9.17, 15) is 4.79 Å². The lowest BCUT2D eigenvalue weighted by Crippen LogP contribution is -2.35. The van der Waals surface area contributed by atoms with E-state index in [1.54, 1.807) is 31.8 Å². The number of carbonyl (C=O) groups excluding carboxylic acids is 1. The number of amides is 1. The van der Waals surface area contributed by atoms with Crippen LogP contribution in [0.3, 0.4) is 0 Å². The smallest absolute Gasteiger partial charge is 0.252 e. The standard InChI is InChI=1S/C24H21N3O3.C3H7N/c1-15-5-6-18(29-2)12-20(15)23(28)27-24(7-8-24)21-10-16(17-13-26-30-14-17)11-22-19(21)4-3-9-25-22;1-2-4-3-1/h3-6,9-14H,7-8H2,1-2H3,(H,27,28);4H,1-3H2. The molecule has 1 saturated carbocycles. The quantitative estimate of drug-likeness (QED) is 0.456. The third-order valence-corrected chi connectivity index (χ3v) is 6.50. The van der Waals surface area contributed by atoms with E-state index in [1.165, 1.54) is 19.5 Å². The van der Waals surface area contributed by atoms with Crippen molar-refractivity contribution in [3.8, 4) is 16.9 Å². The molecule has 7 nitrogen and oxygen atoms in total. The van der Waals surface area contributed by atoms with Crippen LogP contribution in [0, 0.1) is 6.92 Å². The first-order valence-corrected chi connectivity index (χ1v) is 11.6. The lowest BCUT2D eigenvalue weighted by atomic mass is 9.94. The molecule has 174 valence electrons. The van der Waals surface area contributed by atoms with Crippen LogP contribution in [0.4, 0.5) is 0 Å². The van der Waals surface area contributed by atoms with Gasteiger partial charge in [0.05, 0.1) is 24.4 Å². The van der Waals surface area contributed by atoms with Crippen molar-refractivity contribution in [3.05, 3.63) is 77.8 Å². The number of fused-ring (bicyclic) bond motifs is 1. The van der Waals surface area contributed by atoms with Gasteiger partial charge in [0.2, 0.25) is 0 Å². The zero-order valence-electron chi connectivity index (χ0n) is 19.4. The number of methoxy groups -OCH3 is 1. The number of nitrogens with zero attached hydrogens (tertiary/aromatic N) is 2. The van der Waals surface area contributed by atoms with Crippen LogP contribution in [-0.4, -0.2) is 36.2 Å². The summed E-state index contributed by atoms with van der Waals surface area (Å²) in [6.45, 7) is 4.43. The Labute approximate surface area is 198 Å². The van der Waals surface area contributed by atoms with Gasteiger partial charge in [0.1, 0.15) is 12.0 Å². The molecular weight excluding hydrogens is 428 g/mol. The second kappa shape index (κ2) is 9.27. The molecule has 2 aromatic carbocycles. The molecule has 0 spiro atoms. The predicted octanol–water partition coefficient (Wildman–Crippen LogP) is 4.61. The highest BCUT2D eigenvalue weighted by molar-refractivity contribution is 5.98. The highest BCUT2D eigenvalue weighted by Crippen LogP contribution is 2.49. The second-order valence-electron chi connectivity index (χ2n) is 8.83. The number of ether oxygens (including phenoxy) is 1. The van der Waals surface area contributed by atoms with E-state index in [1.807, 2.05) is 31.2 Å². The summed E-state index contributed by atoms with van der Waals surface area (Å²) >= 11 is 0. The number of rotatable bonds is 5. The number of aromatic nitrogens is 2. The molecular formula is C27H28N4O3. The first kappa shape index (κ1) is 22.1. The van der Waals surface area contributed by atoms with Crippen LogP contribution >= 0.6 is 0 Å². The van der Waals surface area contributed by atoms with Gasteiger partial charge in [-0.15, -0.1) is 0 Å². The number of pyridine rings is 1. The van der Waals surface area contributed by atoms with Crippen LogP contribution in [0.1, 0.15) is 40.7 Å². The van der Waals surface area contributed by atoms with Crippen molar-refractivity contribution in [2.24, 2.45) is 0 Å². The molecule has 34 heavy (non-hydrogen) atoms. The first-order valence-electron chi connectivity index (χ1n) is 11.6. The number of carbonyl (C=O) groups is 1. The van der Waals surface area contributed by atoms with Crippen LogP contribution in [0.25, 0.3) is 22.0 Å². The average Bonchev–Trinajstić information content (AvgIpc) is 3.37. The molecule has 4 aromatic rings. The van der Waals surface area contributed by atoms with Gasteiger partial charge >= 0.3 is 0 Å².